The molecule has 1 aromatic rings. The zero-order valence-electron chi connectivity index (χ0n) is 10.8. The Balaban J connectivity index is 2.97. The van der Waals surface area contributed by atoms with Gasteiger partial charge in [0, 0.05) is 6.42 Å². The third-order valence-corrected chi connectivity index (χ3v) is 3.35. The summed E-state index contributed by atoms with van der Waals surface area (Å²) in [6, 6.07) is 6.14. The van der Waals surface area contributed by atoms with Gasteiger partial charge >= 0.3 is 0 Å². The molecule has 16 heavy (non-hydrogen) atoms. The van der Waals surface area contributed by atoms with E-state index in [0.717, 1.165) is 11.1 Å². The molecule has 0 saturated carbocycles. The highest BCUT2D eigenvalue weighted by atomic mass is 16.3. The Kier molecular flexibility index (Phi) is 3.46. The number of benzene rings is 1. The minimum absolute atomic E-state index is 0.461. The van der Waals surface area contributed by atoms with Crippen molar-refractivity contribution in [3.63, 3.8) is 0 Å². The summed E-state index contributed by atoms with van der Waals surface area (Å²) < 4.78 is 0. The van der Waals surface area contributed by atoms with E-state index in [1.165, 1.54) is 5.56 Å². The fraction of sp³-hybridized carbons (Fsp3) is 0.571. The average Bonchev–Trinajstić information content (AvgIpc) is 2.08. The highest BCUT2D eigenvalue weighted by Gasteiger charge is 2.37. The molecule has 0 bridgehead atoms. The number of aliphatic hydroxyl groups is 2. The number of hydrogen-bond acceptors (Lipinski definition) is 2. The van der Waals surface area contributed by atoms with Gasteiger partial charge in [-0.15, -0.1) is 0 Å². The molecule has 1 rings (SSSR count). The quantitative estimate of drug-likeness (QED) is 0.824. The van der Waals surface area contributed by atoms with E-state index in [4.69, 9.17) is 0 Å². The maximum atomic E-state index is 10.2. The van der Waals surface area contributed by atoms with Crippen LogP contribution in [0.1, 0.15) is 37.5 Å². The third-order valence-electron chi connectivity index (χ3n) is 3.35. The molecular formula is C14H22O2. The summed E-state index contributed by atoms with van der Waals surface area (Å²) in [7, 11) is 0. The lowest BCUT2D eigenvalue weighted by Gasteiger charge is -2.36. The lowest BCUT2D eigenvalue weighted by atomic mass is 9.81. The fourth-order valence-corrected chi connectivity index (χ4v) is 1.63. The van der Waals surface area contributed by atoms with Crippen LogP contribution in [0, 0.1) is 13.8 Å². The fourth-order valence-electron chi connectivity index (χ4n) is 1.63. The summed E-state index contributed by atoms with van der Waals surface area (Å²) >= 11 is 0. The van der Waals surface area contributed by atoms with Gasteiger partial charge in [0.1, 0.15) is 0 Å². The molecule has 0 aliphatic carbocycles. The van der Waals surface area contributed by atoms with E-state index in [0.29, 0.717) is 6.42 Å². The van der Waals surface area contributed by atoms with Crippen molar-refractivity contribution in [2.75, 3.05) is 0 Å². The van der Waals surface area contributed by atoms with Crippen LogP contribution < -0.4 is 0 Å². The minimum Gasteiger partial charge on any atom is -0.387 e. The first-order valence-corrected chi connectivity index (χ1v) is 5.64. The first-order chi connectivity index (χ1) is 7.13. The summed E-state index contributed by atoms with van der Waals surface area (Å²) in [4.78, 5) is 0. The first kappa shape index (κ1) is 13.2. The number of rotatable bonds is 3. The lowest BCUT2D eigenvalue weighted by Crippen LogP contribution is -2.49. The molecule has 0 radical (unpaired) electrons. The van der Waals surface area contributed by atoms with Crippen molar-refractivity contribution in [1.82, 2.24) is 0 Å². The Morgan fingerprint density at radius 1 is 1.06 bits per heavy atom. The van der Waals surface area contributed by atoms with Crippen LogP contribution in [0.2, 0.25) is 0 Å². The summed E-state index contributed by atoms with van der Waals surface area (Å²) in [6.07, 6.45) is 0.461. The molecule has 1 aromatic carbocycles. The SMILES string of the molecule is Cc1ccc(CC(C)(O)C(C)(C)O)c(C)c1. The Morgan fingerprint density at radius 3 is 2.06 bits per heavy atom. The summed E-state index contributed by atoms with van der Waals surface area (Å²) in [6.45, 7) is 9.02. The van der Waals surface area contributed by atoms with Crippen LogP contribution in [0.5, 0.6) is 0 Å². The van der Waals surface area contributed by atoms with Gasteiger partial charge in [-0.05, 0) is 45.7 Å². The first-order valence-electron chi connectivity index (χ1n) is 5.64. The van der Waals surface area contributed by atoms with Crippen molar-refractivity contribution >= 4 is 0 Å². The lowest BCUT2D eigenvalue weighted by molar-refractivity contribution is -0.118. The van der Waals surface area contributed by atoms with E-state index in [2.05, 4.69) is 6.07 Å². The predicted molar refractivity (Wildman–Crippen MR) is 66.5 cm³/mol. The standard InChI is InChI=1S/C14H22O2/c1-10-6-7-12(11(2)8-10)9-14(5,16)13(3,4)15/h6-8,15-16H,9H2,1-5H3. The molecule has 90 valence electrons. The average molecular weight is 222 g/mol. The number of aryl methyl sites for hydroxylation is 2. The van der Waals surface area contributed by atoms with Crippen LogP contribution >= 0.6 is 0 Å². The second-order valence-corrected chi connectivity index (χ2v) is 5.44. The summed E-state index contributed by atoms with van der Waals surface area (Å²) in [5, 5.41) is 20.2. The van der Waals surface area contributed by atoms with Crippen LogP contribution in [0.4, 0.5) is 0 Å². The van der Waals surface area contributed by atoms with Gasteiger partial charge in [-0.2, -0.15) is 0 Å². The molecule has 2 nitrogen and oxygen atoms in total. The summed E-state index contributed by atoms with van der Waals surface area (Å²) in [5.74, 6) is 0. The topological polar surface area (TPSA) is 40.5 Å². The van der Waals surface area contributed by atoms with Gasteiger partial charge in [0.15, 0.2) is 0 Å². The van der Waals surface area contributed by atoms with Crippen molar-refractivity contribution in [3.8, 4) is 0 Å². The predicted octanol–water partition coefficient (Wildman–Crippen LogP) is 2.37. The highest BCUT2D eigenvalue weighted by Crippen LogP contribution is 2.27. The maximum absolute atomic E-state index is 10.2. The van der Waals surface area contributed by atoms with Gasteiger partial charge in [0.25, 0.3) is 0 Å². The van der Waals surface area contributed by atoms with Crippen LogP contribution in [0.15, 0.2) is 18.2 Å². The van der Waals surface area contributed by atoms with Crippen LogP contribution in [0.3, 0.4) is 0 Å². The highest BCUT2D eigenvalue weighted by molar-refractivity contribution is 5.31. The zero-order valence-corrected chi connectivity index (χ0v) is 10.8. The van der Waals surface area contributed by atoms with Gasteiger partial charge < -0.3 is 10.2 Å². The molecule has 0 aliphatic heterocycles. The molecule has 0 heterocycles. The molecule has 2 N–H and O–H groups in total. The molecule has 0 aromatic heterocycles. The third kappa shape index (κ3) is 2.83. The van der Waals surface area contributed by atoms with E-state index < -0.39 is 11.2 Å². The van der Waals surface area contributed by atoms with Crippen molar-refractivity contribution in [2.24, 2.45) is 0 Å². The largest absolute Gasteiger partial charge is 0.387 e. The monoisotopic (exact) mass is 222 g/mol. The molecule has 0 amide bonds. The van der Waals surface area contributed by atoms with Gasteiger partial charge in [-0.25, -0.2) is 0 Å². The molecule has 2 heteroatoms. The number of hydrogen-bond donors (Lipinski definition) is 2. The van der Waals surface area contributed by atoms with E-state index in [9.17, 15) is 10.2 Å². The second kappa shape index (κ2) is 4.19. The normalized spacial score (nSPS) is 15.9. The Morgan fingerprint density at radius 2 is 1.62 bits per heavy atom. The van der Waals surface area contributed by atoms with Crippen molar-refractivity contribution in [3.05, 3.63) is 34.9 Å². The molecular weight excluding hydrogens is 200 g/mol. The molecule has 0 saturated heterocycles. The van der Waals surface area contributed by atoms with E-state index >= 15 is 0 Å². The van der Waals surface area contributed by atoms with Crippen LogP contribution in [0.25, 0.3) is 0 Å². The Bertz CT molecular complexity index is 373. The van der Waals surface area contributed by atoms with Crippen LogP contribution in [-0.2, 0) is 6.42 Å². The van der Waals surface area contributed by atoms with Gasteiger partial charge in [-0.1, -0.05) is 23.8 Å². The molecule has 1 atom stereocenters. The minimum atomic E-state index is -1.12. The molecule has 0 spiro atoms. The molecule has 0 aliphatic rings. The summed E-state index contributed by atoms with van der Waals surface area (Å²) in [5.41, 5.74) is 1.23. The Labute approximate surface area is 97.9 Å². The van der Waals surface area contributed by atoms with Gasteiger partial charge in [-0.3, -0.25) is 0 Å². The maximum Gasteiger partial charge on any atom is 0.0940 e. The van der Waals surface area contributed by atoms with Crippen molar-refractivity contribution in [2.45, 2.75) is 52.2 Å². The zero-order chi connectivity index (χ0) is 12.6. The Hall–Kier alpha value is -0.860. The van der Waals surface area contributed by atoms with E-state index in [1.807, 2.05) is 26.0 Å². The van der Waals surface area contributed by atoms with Crippen LogP contribution in [-0.4, -0.2) is 21.4 Å². The van der Waals surface area contributed by atoms with Gasteiger partial charge in [0.2, 0.25) is 0 Å². The smallest absolute Gasteiger partial charge is 0.0940 e. The van der Waals surface area contributed by atoms with Crippen molar-refractivity contribution < 1.29 is 10.2 Å². The molecule has 1 unspecified atom stereocenters. The van der Waals surface area contributed by atoms with E-state index in [-0.39, 0.29) is 0 Å². The van der Waals surface area contributed by atoms with Crippen molar-refractivity contribution in [1.29, 1.82) is 0 Å². The second-order valence-electron chi connectivity index (χ2n) is 5.44. The van der Waals surface area contributed by atoms with Gasteiger partial charge in [0.05, 0.1) is 11.2 Å². The van der Waals surface area contributed by atoms with E-state index in [1.54, 1.807) is 20.8 Å². The molecule has 0 fully saturated rings.